The zero-order valence-electron chi connectivity index (χ0n) is 9.49. The van der Waals surface area contributed by atoms with Crippen LogP contribution in [0.3, 0.4) is 0 Å². The zero-order chi connectivity index (χ0) is 13.7. The second-order valence-corrected chi connectivity index (χ2v) is 5.03. The van der Waals surface area contributed by atoms with Crippen LogP contribution in [0.4, 0.5) is 5.69 Å². The third-order valence-electron chi connectivity index (χ3n) is 2.09. The third kappa shape index (κ3) is 3.46. The molecule has 0 bridgehead atoms. The number of nitro benzene ring substituents is 1. The lowest BCUT2D eigenvalue weighted by Gasteiger charge is -2.09. The SMILES string of the molecule is CC(CC(=O)O)Sc1cccc(C#N)c1[N+](=O)[O-]. The van der Waals surface area contributed by atoms with E-state index in [1.54, 1.807) is 19.1 Å². The van der Waals surface area contributed by atoms with E-state index in [1.165, 1.54) is 12.1 Å². The minimum Gasteiger partial charge on any atom is -0.481 e. The number of aliphatic carboxylic acids is 1. The minimum atomic E-state index is -0.964. The molecule has 1 unspecified atom stereocenters. The van der Waals surface area contributed by atoms with Gasteiger partial charge >= 0.3 is 11.7 Å². The number of nitrogens with zero attached hydrogens (tertiary/aromatic N) is 2. The monoisotopic (exact) mass is 266 g/mol. The molecule has 1 aromatic rings. The predicted octanol–water partition coefficient (Wildman–Crippen LogP) is 2.42. The van der Waals surface area contributed by atoms with E-state index in [2.05, 4.69) is 0 Å². The highest BCUT2D eigenvalue weighted by atomic mass is 32.2. The van der Waals surface area contributed by atoms with Crippen LogP contribution in [-0.2, 0) is 4.79 Å². The van der Waals surface area contributed by atoms with E-state index in [1.807, 2.05) is 0 Å². The average Bonchev–Trinajstić information content (AvgIpc) is 2.26. The summed E-state index contributed by atoms with van der Waals surface area (Å²) in [6.07, 6.45) is -0.0986. The molecule has 1 atom stereocenters. The van der Waals surface area contributed by atoms with Crippen LogP contribution in [-0.4, -0.2) is 21.2 Å². The third-order valence-corrected chi connectivity index (χ3v) is 3.24. The lowest BCUT2D eigenvalue weighted by atomic mass is 10.2. The molecule has 1 aromatic carbocycles. The van der Waals surface area contributed by atoms with Crippen LogP contribution in [0.2, 0.25) is 0 Å². The molecule has 0 fully saturated rings. The van der Waals surface area contributed by atoms with E-state index in [4.69, 9.17) is 10.4 Å². The van der Waals surface area contributed by atoms with Crippen molar-refractivity contribution < 1.29 is 14.8 Å². The molecule has 0 aromatic heterocycles. The van der Waals surface area contributed by atoms with Crippen LogP contribution >= 0.6 is 11.8 Å². The molecule has 0 spiro atoms. The molecule has 1 N–H and O–H groups in total. The van der Waals surface area contributed by atoms with Crippen LogP contribution in [0.1, 0.15) is 18.9 Å². The molecule has 0 heterocycles. The lowest BCUT2D eigenvalue weighted by molar-refractivity contribution is -0.388. The van der Waals surface area contributed by atoms with E-state index in [0.29, 0.717) is 4.90 Å². The Balaban J connectivity index is 3.06. The predicted molar refractivity (Wildman–Crippen MR) is 65.4 cm³/mol. The zero-order valence-corrected chi connectivity index (χ0v) is 10.3. The van der Waals surface area contributed by atoms with Gasteiger partial charge in [-0.3, -0.25) is 14.9 Å². The molecule has 0 amide bonds. The first-order chi connectivity index (χ1) is 8.45. The van der Waals surface area contributed by atoms with Gasteiger partial charge in [0.25, 0.3) is 0 Å². The summed E-state index contributed by atoms with van der Waals surface area (Å²) in [7, 11) is 0. The number of carboxylic acids is 1. The number of hydrogen-bond donors (Lipinski definition) is 1. The first kappa shape index (κ1) is 14.0. The molecule has 0 aliphatic carbocycles. The summed E-state index contributed by atoms with van der Waals surface area (Å²) >= 11 is 1.08. The number of benzene rings is 1. The van der Waals surface area contributed by atoms with Crippen LogP contribution < -0.4 is 0 Å². The van der Waals surface area contributed by atoms with E-state index in [-0.39, 0.29) is 22.9 Å². The number of para-hydroxylation sites is 1. The Bertz CT molecular complexity index is 524. The molecule has 0 saturated heterocycles. The van der Waals surface area contributed by atoms with Gasteiger partial charge in [-0.25, -0.2) is 0 Å². The van der Waals surface area contributed by atoms with Gasteiger partial charge in [0.2, 0.25) is 0 Å². The first-order valence-electron chi connectivity index (χ1n) is 5.01. The highest BCUT2D eigenvalue weighted by Crippen LogP contribution is 2.35. The Kier molecular flexibility index (Phi) is 4.68. The highest BCUT2D eigenvalue weighted by molar-refractivity contribution is 8.00. The van der Waals surface area contributed by atoms with Crippen LogP contribution in [0, 0.1) is 21.4 Å². The van der Waals surface area contributed by atoms with Crippen LogP contribution in [0.15, 0.2) is 23.1 Å². The smallest absolute Gasteiger partial charge is 0.304 e. The Labute approximate surface area is 107 Å². The van der Waals surface area contributed by atoms with Crippen molar-refractivity contribution in [3.8, 4) is 6.07 Å². The molecule has 94 valence electrons. The maximum absolute atomic E-state index is 10.9. The molecule has 18 heavy (non-hydrogen) atoms. The number of carboxylic acid groups (broad SMARTS) is 1. The Morgan fingerprint density at radius 1 is 1.67 bits per heavy atom. The standard InChI is InChI=1S/C11H10N2O4S/c1-7(5-10(14)15)18-9-4-2-3-8(6-12)11(9)13(16)17/h2-4,7H,5H2,1H3,(H,14,15). The fourth-order valence-corrected chi connectivity index (χ4v) is 2.51. The topological polar surface area (TPSA) is 104 Å². The summed E-state index contributed by atoms with van der Waals surface area (Å²) in [6, 6.07) is 6.18. The van der Waals surface area contributed by atoms with Gasteiger partial charge in [0.05, 0.1) is 16.2 Å². The number of carbonyl (C=O) groups is 1. The Hall–Kier alpha value is -2.07. The molecule has 1 rings (SSSR count). The summed E-state index contributed by atoms with van der Waals surface area (Å²) in [5, 5.41) is 28.1. The summed E-state index contributed by atoms with van der Waals surface area (Å²) < 4.78 is 0. The number of nitro groups is 1. The fraction of sp³-hybridized carbons (Fsp3) is 0.273. The second-order valence-electron chi connectivity index (χ2n) is 3.55. The summed E-state index contributed by atoms with van der Waals surface area (Å²) in [4.78, 5) is 21.2. The van der Waals surface area contributed by atoms with Crippen LogP contribution in [0.25, 0.3) is 0 Å². The van der Waals surface area contributed by atoms with Gasteiger partial charge in [-0.15, -0.1) is 11.8 Å². The maximum Gasteiger partial charge on any atom is 0.304 e. The van der Waals surface area contributed by atoms with Gasteiger partial charge in [0.15, 0.2) is 0 Å². The van der Waals surface area contributed by atoms with Crippen molar-refractivity contribution in [1.29, 1.82) is 5.26 Å². The van der Waals surface area contributed by atoms with Crippen LogP contribution in [0.5, 0.6) is 0 Å². The fourth-order valence-electron chi connectivity index (χ4n) is 1.40. The molecule has 0 saturated carbocycles. The first-order valence-corrected chi connectivity index (χ1v) is 5.89. The Morgan fingerprint density at radius 2 is 2.33 bits per heavy atom. The number of nitriles is 1. The maximum atomic E-state index is 10.9. The summed E-state index contributed by atoms with van der Waals surface area (Å²) in [5.41, 5.74) is -0.283. The van der Waals surface area contributed by atoms with Gasteiger partial charge in [0, 0.05) is 5.25 Å². The van der Waals surface area contributed by atoms with E-state index in [9.17, 15) is 14.9 Å². The van der Waals surface area contributed by atoms with Gasteiger partial charge < -0.3 is 5.11 Å². The normalized spacial score (nSPS) is 11.6. The molecular formula is C11H10N2O4S. The molecular weight excluding hydrogens is 256 g/mol. The van der Waals surface area contributed by atoms with E-state index < -0.39 is 10.9 Å². The second kappa shape index (κ2) is 6.02. The van der Waals surface area contributed by atoms with Crippen molar-refractivity contribution in [2.24, 2.45) is 0 Å². The van der Waals surface area contributed by atoms with Crippen molar-refractivity contribution in [3.05, 3.63) is 33.9 Å². The van der Waals surface area contributed by atoms with Crippen molar-refractivity contribution >= 4 is 23.4 Å². The largest absolute Gasteiger partial charge is 0.481 e. The Morgan fingerprint density at radius 3 is 2.83 bits per heavy atom. The van der Waals surface area contributed by atoms with Crippen molar-refractivity contribution in [2.45, 2.75) is 23.5 Å². The average molecular weight is 266 g/mol. The molecule has 7 heteroatoms. The lowest BCUT2D eigenvalue weighted by Crippen LogP contribution is -2.06. The van der Waals surface area contributed by atoms with Gasteiger partial charge in [-0.1, -0.05) is 13.0 Å². The van der Waals surface area contributed by atoms with E-state index in [0.717, 1.165) is 11.8 Å². The molecule has 0 aliphatic heterocycles. The van der Waals surface area contributed by atoms with Gasteiger partial charge in [-0.2, -0.15) is 5.26 Å². The van der Waals surface area contributed by atoms with Gasteiger partial charge in [0.1, 0.15) is 11.6 Å². The molecule has 0 aliphatic rings. The minimum absolute atomic E-state index is 0.0208. The highest BCUT2D eigenvalue weighted by Gasteiger charge is 2.22. The number of hydrogen-bond acceptors (Lipinski definition) is 5. The summed E-state index contributed by atoms with van der Waals surface area (Å²) in [6.45, 7) is 1.67. The number of thioether (sulfide) groups is 1. The van der Waals surface area contributed by atoms with Crippen molar-refractivity contribution in [3.63, 3.8) is 0 Å². The van der Waals surface area contributed by atoms with E-state index >= 15 is 0 Å². The molecule has 0 radical (unpaired) electrons. The quantitative estimate of drug-likeness (QED) is 0.498. The summed E-state index contributed by atoms with van der Waals surface area (Å²) in [5.74, 6) is -0.964. The molecule has 6 nitrogen and oxygen atoms in total. The number of rotatable bonds is 5. The van der Waals surface area contributed by atoms with Gasteiger partial charge in [-0.05, 0) is 12.1 Å². The van der Waals surface area contributed by atoms with Crippen molar-refractivity contribution in [1.82, 2.24) is 0 Å². The van der Waals surface area contributed by atoms with Crippen molar-refractivity contribution in [2.75, 3.05) is 0 Å².